The van der Waals surface area contributed by atoms with Gasteiger partial charge in [-0.15, -0.1) is 0 Å². The van der Waals surface area contributed by atoms with E-state index in [1.165, 1.54) is 25.9 Å². The Morgan fingerprint density at radius 1 is 0.867 bits per heavy atom. The molecule has 0 unspecified atom stereocenters. The Bertz CT molecular complexity index is 114. The lowest BCUT2D eigenvalue weighted by Crippen LogP contribution is -2.29. The maximum Gasteiger partial charge on any atom is 0.0701 e. The fourth-order valence-corrected chi connectivity index (χ4v) is 1.48. The molecule has 0 saturated heterocycles. The SMILES string of the molecule is [CH2]COCCOCCN(CCC)CCC. The predicted molar refractivity (Wildman–Crippen MR) is 64.0 cm³/mol. The van der Waals surface area contributed by atoms with Gasteiger partial charge in [0.2, 0.25) is 0 Å². The van der Waals surface area contributed by atoms with E-state index in [0.717, 1.165) is 13.2 Å². The van der Waals surface area contributed by atoms with Gasteiger partial charge in [-0.25, -0.2) is 0 Å². The molecule has 0 aromatic heterocycles. The van der Waals surface area contributed by atoms with E-state index in [2.05, 4.69) is 25.7 Å². The van der Waals surface area contributed by atoms with Crippen LogP contribution in [0.15, 0.2) is 0 Å². The first-order valence-electron chi connectivity index (χ1n) is 6.02. The fourth-order valence-electron chi connectivity index (χ4n) is 1.48. The molecule has 1 radical (unpaired) electrons. The van der Waals surface area contributed by atoms with Crippen molar-refractivity contribution in [3.05, 3.63) is 6.92 Å². The van der Waals surface area contributed by atoms with Gasteiger partial charge in [0.15, 0.2) is 0 Å². The average Bonchev–Trinajstić information content (AvgIpc) is 2.24. The Morgan fingerprint density at radius 3 is 2.00 bits per heavy atom. The van der Waals surface area contributed by atoms with Crippen LogP contribution in [-0.4, -0.2) is 51.0 Å². The van der Waals surface area contributed by atoms with E-state index in [1.807, 2.05) is 0 Å². The van der Waals surface area contributed by atoms with Crippen LogP contribution in [0.2, 0.25) is 0 Å². The molecule has 3 heteroatoms. The molecule has 0 atom stereocenters. The van der Waals surface area contributed by atoms with Gasteiger partial charge >= 0.3 is 0 Å². The predicted octanol–water partition coefficient (Wildman–Crippen LogP) is 1.98. The molecular formula is C12H26NO2. The Labute approximate surface area is 94.7 Å². The first-order chi connectivity index (χ1) is 7.35. The van der Waals surface area contributed by atoms with Crippen LogP contribution in [0.5, 0.6) is 0 Å². The lowest BCUT2D eigenvalue weighted by atomic mass is 10.3. The van der Waals surface area contributed by atoms with Crippen LogP contribution in [0.3, 0.4) is 0 Å². The van der Waals surface area contributed by atoms with Crippen molar-refractivity contribution >= 4 is 0 Å². The minimum Gasteiger partial charge on any atom is -0.379 e. The summed E-state index contributed by atoms with van der Waals surface area (Å²) in [7, 11) is 0. The summed E-state index contributed by atoms with van der Waals surface area (Å²) in [4.78, 5) is 2.45. The second-order valence-corrected chi connectivity index (χ2v) is 3.57. The van der Waals surface area contributed by atoms with Crippen molar-refractivity contribution in [2.75, 3.05) is 46.1 Å². The smallest absolute Gasteiger partial charge is 0.0701 e. The summed E-state index contributed by atoms with van der Waals surface area (Å²) in [6, 6.07) is 0. The molecule has 0 aliphatic heterocycles. The molecule has 0 aliphatic carbocycles. The van der Waals surface area contributed by atoms with Gasteiger partial charge in [-0.2, -0.15) is 0 Å². The Balaban J connectivity index is 3.28. The lowest BCUT2D eigenvalue weighted by molar-refractivity contribution is 0.0469. The van der Waals surface area contributed by atoms with Gasteiger partial charge in [0, 0.05) is 13.2 Å². The van der Waals surface area contributed by atoms with Crippen LogP contribution < -0.4 is 0 Å². The monoisotopic (exact) mass is 216 g/mol. The van der Waals surface area contributed by atoms with E-state index < -0.39 is 0 Å². The molecule has 0 spiro atoms. The van der Waals surface area contributed by atoms with Crippen molar-refractivity contribution in [3.63, 3.8) is 0 Å². The van der Waals surface area contributed by atoms with Gasteiger partial charge in [-0.05, 0) is 32.9 Å². The van der Waals surface area contributed by atoms with Crippen LogP contribution in [0, 0.1) is 6.92 Å². The summed E-state index contributed by atoms with van der Waals surface area (Å²) in [6.07, 6.45) is 2.43. The minimum atomic E-state index is 0.529. The average molecular weight is 216 g/mol. The van der Waals surface area contributed by atoms with Crippen molar-refractivity contribution in [2.24, 2.45) is 0 Å². The van der Waals surface area contributed by atoms with Crippen LogP contribution in [0.25, 0.3) is 0 Å². The van der Waals surface area contributed by atoms with E-state index in [1.54, 1.807) is 0 Å². The molecule has 0 N–H and O–H groups in total. The van der Waals surface area contributed by atoms with Gasteiger partial charge in [0.1, 0.15) is 0 Å². The van der Waals surface area contributed by atoms with E-state index in [0.29, 0.717) is 19.8 Å². The van der Waals surface area contributed by atoms with Crippen LogP contribution >= 0.6 is 0 Å². The van der Waals surface area contributed by atoms with Crippen LogP contribution in [0.1, 0.15) is 26.7 Å². The Hall–Kier alpha value is -0.120. The molecule has 0 aliphatic rings. The highest BCUT2D eigenvalue weighted by atomic mass is 16.5. The molecule has 0 rings (SSSR count). The first kappa shape index (κ1) is 14.9. The van der Waals surface area contributed by atoms with E-state index in [-0.39, 0.29) is 0 Å². The van der Waals surface area contributed by atoms with Crippen molar-refractivity contribution < 1.29 is 9.47 Å². The van der Waals surface area contributed by atoms with Crippen molar-refractivity contribution in [3.8, 4) is 0 Å². The van der Waals surface area contributed by atoms with Crippen LogP contribution in [-0.2, 0) is 9.47 Å². The summed E-state index contributed by atoms with van der Waals surface area (Å²) in [6.45, 7) is 14.1. The molecular weight excluding hydrogens is 190 g/mol. The zero-order valence-electron chi connectivity index (χ0n) is 10.3. The molecule has 0 aromatic carbocycles. The van der Waals surface area contributed by atoms with E-state index in [4.69, 9.17) is 9.47 Å². The second-order valence-electron chi connectivity index (χ2n) is 3.57. The van der Waals surface area contributed by atoms with E-state index >= 15 is 0 Å². The molecule has 0 aromatic rings. The largest absolute Gasteiger partial charge is 0.379 e. The van der Waals surface area contributed by atoms with Crippen molar-refractivity contribution in [2.45, 2.75) is 26.7 Å². The zero-order chi connectivity index (χ0) is 11.4. The van der Waals surface area contributed by atoms with Gasteiger partial charge in [0.25, 0.3) is 0 Å². The highest BCUT2D eigenvalue weighted by molar-refractivity contribution is 4.55. The number of rotatable bonds is 11. The summed E-state index contributed by atoms with van der Waals surface area (Å²) in [5.41, 5.74) is 0. The molecule has 0 fully saturated rings. The number of nitrogens with zero attached hydrogens (tertiary/aromatic N) is 1. The molecule has 91 valence electrons. The maximum absolute atomic E-state index is 5.46. The van der Waals surface area contributed by atoms with Gasteiger partial charge < -0.3 is 14.4 Å². The second kappa shape index (κ2) is 12.0. The quantitative estimate of drug-likeness (QED) is 0.493. The summed E-state index contributed by atoms with van der Waals surface area (Å²) >= 11 is 0. The third kappa shape index (κ3) is 10.2. The normalized spacial score (nSPS) is 11.2. The highest BCUT2D eigenvalue weighted by Crippen LogP contribution is 1.93. The van der Waals surface area contributed by atoms with Gasteiger partial charge in [-0.3, -0.25) is 0 Å². The maximum atomic E-state index is 5.46. The lowest BCUT2D eigenvalue weighted by Gasteiger charge is -2.20. The van der Waals surface area contributed by atoms with Crippen molar-refractivity contribution in [1.82, 2.24) is 4.90 Å². The summed E-state index contributed by atoms with van der Waals surface area (Å²) < 4.78 is 10.6. The number of hydrogen-bond acceptors (Lipinski definition) is 3. The topological polar surface area (TPSA) is 21.7 Å². The number of hydrogen-bond donors (Lipinski definition) is 0. The summed E-state index contributed by atoms with van der Waals surface area (Å²) in [5.74, 6) is 0. The summed E-state index contributed by atoms with van der Waals surface area (Å²) in [5, 5.41) is 0. The van der Waals surface area contributed by atoms with Gasteiger partial charge in [-0.1, -0.05) is 13.8 Å². The molecule has 15 heavy (non-hydrogen) atoms. The van der Waals surface area contributed by atoms with E-state index in [9.17, 15) is 0 Å². The van der Waals surface area contributed by atoms with Crippen molar-refractivity contribution in [1.29, 1.82) is 0 Å². The molecule has 0 saturated carbocycles. The Kier molecular flexibility index (Phi) is 11.9. The van der Waals surface area contributed by atoms with Crippen LogP contribution in [0.4, 0.5) is 0 Å². The molecule has 3 nitrogen and oxygen atoms in total. The third-order valence-electron chi connectivity index (χ3n) is 2.15. The molecule has 0 bridgehead atoms. The molecule has 0 heterocycles. The van der Waals surface area contributed by atoms with Gasteiger partial charge in [0.05, 0.1) is 19.8 Å². The molecule has 0 amide bonds. The third-order valence-corrected chi connectivity index (χ3v) is 2.15. The number of ether oxygens (including phenoxy) is 2. The highest BCUT2D eigenvalue weighted by Gasteiger charge is 2.01. The standard InChI is InChI=1S/C12H26NO2/c1-4-7-13(8-5-2)9-10-15-12-11-14-6-3/h3-12H2,1-2H3. The Morgan fingerprint density at radius 2 is 1.47 bits per heavy atom. The fraction of sp³-hybridized carbons (Fsp3) is 0.917. The first-order valence-corrected chi connectivity index (χ1v) is 6.02. The zero-order valence-corrected chi connectivity index (χ0v) is 10.3. The minimum absolute atomic E-state index is 0.529.